The average molecular weight is 399 g/mol. The van der Waals surface area contributed by atoms with Crippen molar-refractivity contribution in [3.63, 3.8) is 0 Å². The number of fused-ring (bicyclic) bond motifs is 1. The molecule has 1 aliphatic rings. The smallest absolute Gasteiger partial charge is 0.328 e. The second-order valence-corrected chi connectivity index (χ2v) is 7.31. The second-order valence-electron chi connectivity index (χ2n) is 7.31. The number of hydrogen-bond acceptors (Lipinski definition) is 4. The molecule has 6 nitrogen and oxygen atoms in total. The Labute approximate surface area is 171 Å². The first-order valence-electron chi connectivity index (χ1n) is 10.2. The van der Waals surface area contributed by atoms with Crippen LogP contribution in [0.1, 0.15) is 38.2 Å². The summed E-state index contributed by atoms with van der Waals surface area (Å²) in [4.78, 5) is 23.6. The fourth-order valence-electron chi connectivity index (χ4n) is 3.91. The molecule has 1 fully saturated rings. The Hall–Kier alpha value is -2.73. The van der Waals surface area contributed by atoms with Gasteiger partial charge in [0, 0.05) is 23.7 Å². The summed E-state index contributed by atoms with van der Waals surface area (Å²) in [7, 11) is 0. The molecule has 1 aromatic carbocycles. The van der Waals surface area contributed by atoms with Gasteiger partial charge in [0.15, 0.2) is 0 Å². The van der Waals surface area contributed by atoms with Gasteiger partial charge in [0.25, 0.3) is 0 Å². The van der Waals surface area contributed by atoms with Crippen molar-refractivity contribution in [1.29, 1.82) is 0 Å². The molecule has 0 bridgehead atoms. The molecule has 2 aromatic rings. The third kappa shape index (κ3) is 7.66. The summed E-state index contributed by atoms with van der Waals surface area (Å²) >= 11 is 0. The number of rotatable bonds is 7. The number of piperidine rings is 1. The molecule has 0 radical (unpaired) electrons. The van der Waals surface area contributed by atoms with Gasteiger partial charge >= 0.3 is 11.9 Å². The zero-order chi connectivity index (χ0) is 21.1. The summed E-state index contributed by atoms with van der Waals surface area (Å²) < 4.78 is 0. The maximum atomic E-state index is 9.55. The molecule has 1 aromatic heterocycles. The summed E-state index contributed by atoms with van der Waals surface area (Å²) in [5.41, 5.74) is 2.59. The monoisotopic (exact) mass is 398 g/mol. The summed E-state index contributed by atoms with van der Waals surface area (Å²) in [6, 6.07) is 10.7. The number of aromatic nitrogens is 1. The first-order chi connectivity index (χ1) is 14.0. The molecule has 0 aliphatic carbocycles. The Kier molecular flexibility index (Phi) is 9.31. The van der Waals surface area contributed by atoms with Crippen LogP contribution in [-0.2, 0) is 16.0 Å². The molecular formula is C23H30N2O4. The number of carboxylic acid groups (broad SMARTS) is 2. The fraction of sp³-hybridized carbons (Fsp3) is 0.435. The molecule has 1 aliphatic heterocycles. The van der Waals surface area contributed by atoms with Gasteiger partial charge in [0.05, 0.1) is 5.52 Å². The van der Waals surface area contributed by atoms with Crippen LogP contribution in [0, 0.1) is 11.8 Å². The number of aryl methyl sites for hydroxylation is 1. The van der Waals surface area contributed by atoms with Gasteiger partial charge in [-0.3, -0.25) is 4.98 Å². The Balaban J connectivity index is 0.000000321. The number of para-hydroxylation sites is 1. The van der Waals surface area contributed by atoms with E-state index in [1.807, 2.05) is 6.20 Å². The van der Waals surface area contributed by atoms with Gasteiger partial charge in [-0.05, 0) is 68.3 Å². The molecule has 2 atom stereocenters. The summed E-state index contributed by atoms with van der Waals surface area (Å²) in [6.45, 7) is 4.76. The normalized spacial score (nSPS) is 18.9. The number of pyridine rings is 1. The van der Waals surface area contributed by atoms with Crippen molar-refractivity contribution in [3.8, 4) is 0 Å². The van der Waals surface area contributed by atoms with Crippen LogP contribution in [-0.4, -0.2) is 40.2 Å². The highest BCUT2D eigenvalue weighted by Crippen LogP contribution is 2.28. The quantitative estimate of drug-likeness (QED) is 0.612. The van der Waals surface area contributed by atoms with Crippen LogP contribution in [0.5, 0.6) is 0 Å². The largest absolute Gasteiger partial charge is 0.478 e. The lowest BCUT2D eigenvalue weighted by molar-refractivity contribution is -0.134. The first-order valence-corrected chi connectivity index (χ1v) is 10.2. The lowest BCUT2D eigenvalue weighted by Crippen LogP contribution is -2.36. The van der Waals surface area contributed by atoms with E-state index in [2.05, 4.69) is 47.6 Å². The Morgan fingerprint density at radius 2 is 1.86 bits per heavy atom. The van der Waals surface area contributed by atoms with Crippen molar-refractivity contribution in [2.24, 2.45) is 11.8 Å². The molecule has 156 valence electrons. The lowest BCUT2D eigenvalue weighted by Gasteiger charge is -2.31. The van der Waals surface area contributed by atoms with E-state index in [0.29, 0.717) is 12.2 Å². The number of carbonyl (C=O) groups is 2. The topological polar surface area (TPSA) is 99.5 Å². The number of hydrogen-bond donors (Lipinski definition) is 3. The van der Waals surface area contributed by atoms with E-state index < -0.39 is 11.9 Å². The van der Waals surface area contributed by atoms with E-state index in [0.717, 1.165) is 17.4 Å². The van der Waals surface area contributed by atoms with Crippen LogP contribution >= 0.6 is 0 Å². The number of nitrogens with one attached hydrogen (secondary N) is 1. The zero-order valence-corrected chi connectivity index (χ0v) is 16.9. The average Bonchev–Trinajstić information content (AvgIpc) is 2.73. The van der Waals surface area contributed by atoms with Crippen LogP contribution in [0.4, 0.5) is 0 Å². The molecule has 6 heteroatoms. The van der Waals surface area contributed by atoms with Crippen molar-refractivity contribution in [2.75, 3.05) is 13.1 Å². The van der Waals surface area contributed by atoms with Gasteiger partial charge in [0.2, 0.25) is 0 Å². The minimum absolute atomic E-state index is 0.558. The highest BCUT2D eigenvalue weighted by Gasteiger charge is 2.22. The molecule has 3 N–H and O–H groups in total. The fourth-order valence-corrected chi connectivity index (χ4v) is 3.91. The van der Waals surface area contributed by atoms with E-state index in [1.54, 1.807) is 0 Å². The highest BCUT2D eigenvalue weighted by molar-refractivity contribution is 5.89. The Morgan fingerprint density at radius 3 is 2.55 bits per heavy atom. The third-order valence-electron chi connectivity index (χ3n) is 5.42. The molecule has 0 amide bonds. The zero-order valence-electron chi connectivity index (χ0n) is 16.9. The van der Waals surface area contributed by atoms with Gasteiger partial charge in [-0.25, -0.2) is 9.59 Å². The second kappa shape index (κ2) is 12.0. The van der Waals surface area contributed by atoms with Crippen LogP contribution in [0.2, 0.25) is 0 Å². The van der Waals surface area contributed by atoms with Crippen molar-refractivity contribution in [3.05, 3.63) is 54.2 Å². The van der Waals surface area contributed by atoms with Gasteiger partial charge in [-0.1, -0.05) is 31.5 Å². The van der Waals surface area contributed by atoms with Crippen LogP contribution in [0.25, 0.3) is 10.9 Å². The van der Waals surface area contributed by atoms with E-state index in [9.17, 15) is 9.59 Å². The first kappa shape index (κ1) is 22.6. The van der Waals surface area contributed by atoms with E-state index in [4.69, 9.17) is 10.2 Å². The Bertz CT molecular complexity index is 813. The van der Waals surface area contributed by atoms with E-state index in [-0.39, 0.29) is 0 Å². The third-order valence-corrected chi connectivity index (χ3v) is 5.42. The molecule has 2 heterocycles. The molecule has 29 heavy (non-hydrogen) atoms. The molecule has 0 saturated carbocycles. The molecule has 1 saturated heterocycles. The minimum Gasteiger partial charge on any atom is -0.478 e. The molecule has 3 rings (SSSR count). The predicted octanol–water partition coefficient (Wildman–Crippen LogP) is 3.91. The highest BCUT2D eigenvalue weighted by atomic mass is 16.4. The molecular weight excluding hydrogens is 368 g/mol. The number of nitrogens with zero attached hydrogens (tertiary/aromatic N) is 1. The van der Waals surface area contributed by atoms with Crippen LogP contribution in [0.15, 0.2) is 48.7 Å². The summed E-state index contributed by atoms with van der Waals surface area (Å²) in [5.74, 6) is -0.711. The van der Waals surface area contributed by atoms with Gasteiger partial charge in [-0.2, -0.15) is 0 Å². The van der Waals surface area contributed by atoms with E-state index >= 15 is 0 Å². The van der Waals surface area contributed by atoms with Crippen LogP contribution in [0.3, 0.4) is 0 Å². The summed E-state index contributed by atoms with van der Waals surface area (Å²) in [5, 5.41) is 20.5. The maximum Gasteiger partial charge on any atom is 0.328 e. The van der Waals surface area contributed by atoms with Crippen molar-refractivity contribution in [1.82, 2.24) is 10.3 Å². The Morgan fingerprint density at radius 1 is 1.14 bits per heavy atom. The van der Waals surface area contributed by atoms with Crippen molar-refractivity contribution in [2.45, 2.75) is 39.0 Å². The van der Waals surface area contributed by atoms with Gasteiger partial charge in [-0.15, -0.1) is 0 Å². The maximum absolute atomic E-state index is 9.55. The summed E-state index contributed by atoms with van der Waals surface area (Å²) in [6.07, 6.45) is 9.60. The number of carboxylic acids is 2. The van der Waals surface area contributed by atoms with Crippen LogP contribution < -0.4 is 5.32 Å². The lowest BCUT2D eigenvalue weighted by atomic mass is 9.81. The van der Waals surface area contributed by atoms with Crippen molar-refractivity contribution < 1.29 is 19.8 Å². The van der Waals surface area contributed by atoms with Gasteiger partial charge in [0.1, 0.15) is 0 Å². The van der Waals surface area contributed by atoms with Gasteiger partial charge < -0.3 is 15.5 Å². The van der Waals surface area contributed by atoms with E-state index in [1.165, 1.54) is 56.1 Å². The molecule has 0 spiro atoms. The number of benzene rings is 1. The SMILES string of the molecule is CC[C@H]1CNCC[C@H]1CCCc1ccnc2ccccc12.O=C(O)/C=C/C(=O)O. The number of aliphatic carboxylic acids is 2. The minimum atomic E-state index is -1.26. The standard InChI is InChI=1S/C19H26N2.C4H4O4/c1-2-15-14-20-12-10-16(15)6-5-7-17-11-13-21-19-9-4-3-8-18(17)19;5-3(6)1-2-4(7)8/h3-4,8-9,11,13,15-16,20H,2,5-7,10,12,14H2,1H3;1-2H,(H,5,6)(H,7,8)/b;2-1+/t15-,16+;/m0./s1. The van der Waals surface area contributed by atoms with Crippen molar-refractivity contribution >= 4 is 22.8 Å². The molecule has 0 unspecified atom stereocenters. The predicted molar refractivity (Wildman–Crippen MR) is 114 cm³/mol.